The van der Waals surface area contributed by atoms with E-state index in [0.29, 0.717) is 6.61 Å². The van der Waals surface area contributed by atoms with E-state index >= 15 is 0 Å². The lowest BCUT2D eigenvalue weighted by molar-refractivity contribution is -0.137. The highest BCUT2D eigenvalue weighted by atomic mass is 16.5. The molecule has 0 bridgehead atoms. The van der Waals surface area contributed by atoms with Crippen LogP contribution in [0.2, 0.25) is 0 Å². The van der Waals surface area contributed by atoms with Crippen LogP contribution in [0.25, 0.3) is 17.3 Å². The minimum absolute atomic E-state index is 0.349. The van der Waals surface area contributed by atoms with E-state index < -0.39 is 0 Å². The van der Waals surface area contributed by atoms with Crippen LogP contribution in [0.15, 0.2) is 42.6 Å². The van der Waals surface area contributed by atoms with Gasteiger partial charge >= 0.3 is 5.97 Å². The van der Waals surface area contributed by atoms with Gasteiger partial charge in [-0.15, -0.1) is 0 Å². The zero-order valence-corrected chi connectivity index (χ0v) is 10.1. The van der Waals surface area contributed by atoms with Gasteiger partial charge in [0.05, 0.1) is 18.5 Å². The van der Waals surface area contributed by atoms with Crippen LogP contribution >= 0.6 is 0 Å². The first-order valence-corrected chi connectivity index (χ1v) is 5.75. The Hall–Kier alpha value is -2.36. The molecule has 1 N–H and O–H groups in total. The van der Waals surface area contributed by atoms with E-state index in [0.717, 1.165) is 16.8 Å². The van der Waals surface area contributed by atoms with Crippen molar-refractivity contribution in [3.63, 3.8) is 0 Å². The second kappa shape index (κ2) is 5.82. The molecule has 2 rings (SSSR count). The van der Waals surface area contributed by atoms with Gasteiger partial charge in [0.1, 0.15) is 0 Å². The monoisotopic (exact) mass is 242 g/mol. The summed E-state index contributed by atoms with van der Waals surface area (Å²) >= 11 is 0. The average Bonchev–Trinajstić information content (AvgIpc) is 2.86. The minimum atomic E-state index is -0.349. The quantitative estimate of drug-likeness (QED) is 0.662. The summed E-state index contributed by atoms with van der Waals surface area (Å²) in [5, 5.41) is 6.92. The molecular weight excluding hydrogens is 228 g/mol. The highest BCUT2D eigenvalue weighted by molar-refractivity contribution is 5.88. The number of H-pyrrole nitrogens is 1. The molecule has 0 unspecified atom stereocenters. The van der Waals surface area contributed by atoms with E-state index in [4.69, 9.17) is 4.74 Å². The molecule has 1 aromatic carbocycles. The zero-order chi connectivity index (χ0) is 12.8. The molecule has 0 radical (unpaired) electrons. The van der Waals surface area contributed by atoms with Crippen molar-refractivity contribution >= 4 is 12.0 Å². The molecule has 92 valence electrons. The molecule has 0 fully saturated rings. The van der Waals surface area contributed by atoms with E-state index in [-0.39, 0.29) is 5.97 Å². The zero-order valence-electron chi connectivity index (χ0n) is 10.1. The Morgan fingerprint density at radius 2 is 2.17 bits per heavy atom. The predicted octanol–water partition coefficient (Wildman–Crippen LogP) is 2.65. The average molecular weight is 242 g/mol. The van der Waals surface area contributed by atoms with Gasteiger partial charge in [-0.2, -0.15) is 5.10 Å². The third kappa shape index (κ3) is 2.85. The van der Waals surface area contributed by atoms with Crippen molar-refractivity contribution in [2.24, 2.45) is 0 Å². The highest BCUT2D eigenvalue weighted by Crippen LogP contribution is 2.21. The van der Waals surface area contributed by atoms with Gasteiger partial charge < -0.3 is 4.74 Å². The lowest BCUT2D eigenvalue weighted by atomic mass is 10.1. The van der Waals surface area contributed by atoms with Crippen molar-refractivity contribution in [3.05, 3.63) is 48.2 Å². The van der Waals surface area contributed by atoms with Crippen LogP contribution in [-0.4, -0.2) is 22.8 Å². The number of hydrogen-bond donors (Lipinski definition) is 1. The molecule has 4 nitrogen and oxygen atoms in total. The molecule has 0 spiro atoms. The SMILES string of the molecule is CCOC(=O)C=Cc1cn[nH]c1-c1ccccc1. The van der Waals surface area contributed by atoms with Crippen LogP contribution in [0.3, 0.4) is 0 Å². The number of carbonyl (C=O) groups is 1. The summed E-state index contributed by atoms with van der Waals surface area (Å²) in [6.45, 7) is 2.15. The van der Waals surface area contributed by atoms with Crippen LogP contribution in [0.1, 0.15) is 12.5 Å². The van der Waals surface area contributed by atoms with Crippen molar-refractivity contribution in [2.75, 3.05) is 6.61 Å². The molecule has 2 aromatic rings. The minimum Gasteiger partial charge on any atom is -0.463 e. The van der Waals surface area contributed by atoms with Crippen molar-refractivity contribution < 1.29 is 9.53 Å². The Kier molecular flexibility index (Phi) is 3.91. The van der Waals surface area contributed by atoms with E-state index in [2.05, 4.69) is 10.2 Å². The molecule has 0 amide bonds. The van der Waals surface area contributed by atoms with Gasteiger partial charge in [-0.25, -0.2) is 4.79 Å². The molecule has 0 atom stereocenters. The number of rotatable bonds is 4. The molecule has 18 heavy (non-hydrogen) atoms. The fraction of sp³-hybridized carbons (Fsp3) is 0.143. The van der Waals surface area contributed by atoms with Crippen LogP contribution in [-0.2, 0) is 9.53 Å². The first kappa shape index (κ1) is 12.1. The number of hydrogen-bond acceptors (Lipinski definition) is 3. The second-order valence-corrected chi connectivity index (χ2v) is 3.65. The van der Waals surface area contributed by atoms with Crippen LogP contribution < -0.4 is 0 Å². The maximum Gasteiger partial charge on any atom is 0.330 e. The van der Waals surface area contributed by atoms with E-state index in [1.807, 2.05) is 30.3 Å². The summed E-state index contributed by atoms with van der Waals surface area (Å²) in [6, 6.07) is 9.82. The van der Waals surface area contributed by atoms with Crippen LogP contribution in [0, 0.1) is 0 Å². The van der Waals surface area contributed by atoms with Gasteiger partial charge in [-0.1, -0.05) is 30.3 Å². The highest BCUT2D eigenvalue weighted by Gasteiger charge is 2.05. The maximum absolute atomic E-state index is 11.2. The Balaban J connectivity index is 2.21. The number of ether oxygens (including phenoxy) is 1. The van der Waals surface area contributed by atoms with Gasteiger partial charge in [0.2, 0.25) is 0 Å². The first-order valence-electron chi connectivity index (χ1n) is 5.75. The summed E-state index contributed by atoms with van der Waals surface area (Å²) in [7, 11) is 0. The van der Waals surface area contributed by atoms with Crippen LogP contribution in [0.4, 0.5) is 0 Å². The number of aromatic nitrogens is 2. The van der Waals surface area contributed by atoms with E-state index in [9.17, 15) is 4.79 Å². The fourth-order valence-electron chi connectivity index (χ4n) is 1.61. The summed E-state index contributed by atoms with van der Waals surface area (Å²) in [5.74, 6) is -0.349. The summed E-state index contributed by atoms with van der Waals surface area (Å²) in [5.41, 5.74) is 2.77. The largest absolute Gasteiger partial charge is 0.463 e. The molecule has 0 saturated heterocycles. The molecule has 4 heteroatoms. The first-order chi connectivity index (χ1) is 8.81. The summed E-state index contributed by atoms with van der Waals surface area (Å²) in [4.78, 5) is 11.2. The van der Waals surface area contributed by atoms with Gasteiger partial charge in [0, 0.05) is 17.2 Å². The number of benzene rings is 1. The van der Waals surface area contributed by atoms with E-state index in [1.54, 1.807) is 19.2 Å². The Labute approximate surface area is 105 Å². The normalized spacial score (nSPS) is 10.7. The van der Waals surface area contributed by atoms with Crippen LogP contribution in [0.5, 0.6) is 0 Å². The number of nitrogens with one attached hydrogen (secondary N) is 1. The number of carbonyl (C=O) groups excluding carboxylic acids is 1. The fourth-order valence-corrected chi connectivity index (χ4v) is 1.61. The predicted molar refractivity (Wildman–Crippen MR) is 69.7 cm³/mol. The summed E-state index contributed by atoms with van der Waals surface area (Å²) in [6.07, 6.45) is 4.78. The molecule has 0 aliphatic rings. The molecule has 0 saturated carbocycles. The molecule has 1 heterocycles. The standard InChI is InChI=1S/C14H14N2O2/c1-2-18-13(17)9-8-12-10-15-16-14(12)11-6-4-3-5-7-11/h3-10H,2H2,1H3,(H,15,16). The van der Waals surface area contributed by atoms with Crippen molar-refractivity contribution in [1.82, 2.24) is 10.2 Å². The summed E-state index contributed by atoms with van der Waals surface area (Å²) < 4.78 is 4.83. The topological polar surface area (TPSA) is 55.0 Å². The Morgan fingerprint density at radius 3 is 2.89 bits per heavy atom. The van der Waals surface area contributed by atoms with Gasteiger partial charge in [-0.05, 0) is 13.0 Å². The maximum atomic E-state index is 11.2. The molecule has 0 aliphatic heterocycles. The van der Waals surface area contributed by atoms with Crippen molar-refractivity contribution in [2.45, 2.75) is 6.92 Å². The number of esters is 1. The Morgan fingerprint density at radius 1 is 1.39 bits per heavy atom. The van der Waals surface area contributed by atoms with Crippen molar-refractivity contribution in [3.8, 4) is 11.3 Å². The van der Waals surface area contributed by atoms with Gasteiger partial charge in [-0.3, -0.25) is 5.10 Å². The number of aromatic amines is 1. The van der Waals surface area contributed by atoms with Gasteiger partial charge in [0.15, 0.2) is 0 Å². The third-order valence-corrected chi connectivity index (χ3v) is 2.42. The van der Waals surface area contributed by atoms with Gasteiger partial charge in [0.25, 0.3) is 0 Å². The molecular formula is C14H14N2O2. The second-order valence-electron chi connectivity index (χ2n) is 3.65. The number of nitrogens with zero attached hydrogens (tertiary/aromatic N) is 1. The lowest BCUT2D eigenvalue weighted by Crippen LogP contribution is -1.98. The molecule has 1 aromatic heterocycles. The smallest absolute Gasteiger partial charge is 0.330 e. The third-order valence-electron chi connectivity index (χ3n) is 2.42. The lowest BCUT2D eigenvalue weighted by Gasteiger charge is -1.99. The molecule has 0 aliphatic carbocycles. The van der Waals surface area contributed by atoms with Crippen molar-refractivity contribution in [1.29, 1.82) is 0 Å². The Bertz CT molecular complexity index is 544. The van der Waals surface area contributed by atoms with E-state index in [1.165, 1.54) is 6.08 Å².